The number of nitriles is 1. The van der Waals surface area contributed by atoms with E-state index in [0.717, 1.165) is 12.1 Å². The van der Waals surface area contributed by atoms with Gasteiger partial charge in [0.2, 0.25) is 5.88 Å². The van der Waals surface area contributed by atoms with Crippen molar-refractivity contribution in [1.82, 2.24) is 0 Å². The van der Waals surface area contributed by atoms with Crippen LogP contribution in [0.2, 0.25) is 0 Å². The van der Waals surface area contributed by atoms with Gasteiger partial charge in [-0.1, -0.05) is 20.8 Å². The highest BCUT2D eigenvalue weighted by Gasteiger charge is 2.29. The van der Waals surface area contributed by atoms with E-state index in [1.165, 1.54) is 0 Å². The first-order valence-corrected chi connectivity index (χ1v) is 6.70. The van der Waals surface area contributed by atoms with E-state index in [1.54, 1.807) is 0 Å². The maximum absolute atomic E-state index is 9.20. The second-order valence-corrected chi connectivity index (χ2v) is 7.09. The number of allylic oxidation sites excluding steroid dienone is 1. The summed E-state index contributed by atoms with van der Waals surface area (Å²) >= 11 is 0. The molecule has 4 heteroatoms. The van der Waals surface area contributed by atoms with Crippen molar-refractivity contribution in [3.05, 3.63) is 11.5 Å². The molecule has 1 heterocycles. The molecule has 0 aromatic carbocycles. The molecule has 0 saturated carbocycles. The fourth-order valence-corrected chi connectivity index (χ4v) is 2.76. The number of rotatable bonds is 2. The quantitative estimate of drug-likeness (QED) is 0.831. The smallest absolute Gasteiger partial charge is 0.204 e. The van der Waals surface area contributed by atoms with Crippen molar-refractivity contribution in [2.75, 3.05) is 0 Å². The van der Waals surface area contributed by atoms with Crippen LogP contribution in [-0.4, -0.2) is 17.4 Å². The molecule has 106 valence electrons. The van der Waals surface area contributed by atoms with E-state index in [-0.39, 0.29) is 22.9 Å². The van der Waals surface area contributed by atoms with Crippen molar-refractivity contribution in [1.29, 1.82) is 5.26 Å². The van der Waals surface area contributed by atoms with Crippen molar-refractivity contribution in [2.45, 2.75) is 66.0 Å². The summed E-state index contributed by atoms with van der Waals surface area (Å²) in [6.07, 6.45) is 1.55. The van der Waals surface area contributed by atoms with Crippen LogP contribution in [0.5, 0.6) is 0 Å². The molecule has 0 aromatic heterocycles. The predicted octanol–water partition coefficient (Wildman–Crippen LogP) is 3.14. The molecule has 19 heavy (non-hydrogen) atoms. The average Bonchev–Trinajstić information content (AvgIpc) is 2.11. The maximum Gasteiger partial charge on any atom is 0.204 e. The molecule has 2 N–H and O–H groups in total. The Morgan fingerprint density at radius 2 is 1.95 bits per heavy atom. The largest absolute Gasteiger partial charge is 0.475 e. The molecule has 0 amide bonds. The van der Waals surface area contributed by atoms with Crippen LogP contribution in [0.3, 0.4) is 0 Å². The number of hydrogen-bond donors (Lipinski definition) is 1. The normalized spacial score (nSPS) is 23.2. The third-order valence-electron chi connectivity index (χ3n) is 2.86. The molecule has 1 aliphatic heterocycles. The van der Waals surface area contributed by atoms with Gasteiger partial charge in [-0.25, -0.2) is 0 Å². The van der Waals surface area contributed by atoms with Gasteiger partial charge in [-0.2, -0.15) is 5.26 Å². The van der Waals surface area contributed by atoms with Crippen LogP contribution < -0.4 is 5.73 Å². The highest BCUT2D eigenvalue weighted by Crippen LogP contribution is 2.31. The van der Waals surface area contributed by atoms with Gasteiger partial charge in [-0.05, 0) is 32.6 Å². The molecule has 0 aromatic rings. The van der Waals surface area contributed by atoms with E-state index < -0.39 is 0 Å². The third kappa shape index (κ3) is 4.59. The summed E-state index contributed by atoms with van der Waals surface area (Å²) in [6, 6.07) is 2.11. The Balaban J connectivity index is 3.09. The Labute approximate surface area is 116 Å². The number of ether oxygens (including phenoxy) is 1. The number of nitrogens with two attached hydrogens (primary N) is 1. The van der Waals surface area contributed by atoms with E-state index in [0.29, 0.717) is 12.0 Å². The summed E-state index contributed by atoms with van der Waals surface area (Å²) in [4.78, 5) is 4.78. The summed E-state index contributed by atoms with van der Waals surface area (Å²) < 4.78 is 5.39. The van der Waals surface area contributed by atoms with E-state index in [9.17, 15) is 5.26 Å². The van der Waals surface area contributed by atoms with Gasteiger partial charge in [0.15, 0.2) is 0 Å². The van der Waals surface area contributed by atoms with Crippen LogP contribution in [0.1, 0.15) is 54.4 Å². The van der Waals surface area contributed by atoms with E-state index >= 15 is 0 Å². The van der Waals surface area contributed by atoms with Crippen LogP contribution in [0.15, 0.2) is 16.4 Å². The maximum atomic E-state index is 9.20. The zero-order chi connectivity index (χ0) is 14.8. The second-order valence-electron chi connectivity index (χ2n) is 7.09. The Hall–Kier alpha value is -1.50. The van der Waals surface area contributed by atoms with Gasteiger partial charge in [0, 0.05) is 6.42 Å². The number of hydrogen-bond acceptors (Lipinski definition) is 4. The van der Waals surface area contributed by atoms with E-state index in [1.807, 2.05) is 6.92 Å². The van der Waals surface area contributed by atoms with Gasteiger partial charge in [0.1, 0.15) is 17.7 Å². The van der Waals surface area contributed by atoms with Gasteiger partial charge in [-0.3, -0.25) is 4.99 Å². The summed E-state index contributed by atoms with van der Waals surface area (Å²) in [5, 5.41) is 9.20. The first-order chi connectivity index (χ1) is 8.54. The molecule has 1 atom stereocenters. The zero-order valence-electron chi connectivity index (χ0n) is 12.9. The van der Waals surface area contributed by atoms with Crippen molar-refractivity contribution in [2.24, 2.45) is 16.1 Å². The lowest BCUT2D eigenvalue weighted by Crippen LogP contribution is -2.31. The Morgan fingerprint density at radius 3 is 2.42 bits per heavy atom. The zero-order valence-corrected chi connectivity index (χ0v) is 12.9. The molecule has 0 radical (unpaired) electrons. The second kappa shape index (κ2) is 5.24. The average molecular weight is 263 g/mol. The van der Waals surface area contributed by atoms with E-state index in [4.69, 9.17) is 15.5 Å². The monoisotopic (exact) mass is 263 g/mol. The van der Waals surface area contributed by atoms with Gasteiger partial charge >= 0.3 is 0 Å². The molecule has 0 spiro atoms. The summed E-state index contributed by atoms with van der Waals surface area (Å²) in [5.74, 6) is 0.201. The van der Waals surface area contributed by atoms with Gasteiger partial charge in [-0.15, -0.1) is 0 Å². The molecule has 1 unspecified atom stereocenters. The standard InChI is InChI=1S/C15H25N3O/c1-10-7-12(11(8-16)13(17)19-10)18-15(5,6)9-14(2,3)4/h10H,7,9,17H2,1-6H3. The molecule has 1 aliphatic rings. The third-order valence-corrected chi connectivity index (χ3v) is 2.86. The molecule has 1 rings (SSSR count). The molecule has 0 fully saturated rings. The lowest BCUT2D eigenvalue weighted by Gasteiger charge is -2.31. The van der Waals surface area contributed by atoms with Crippen molar-refractivity contribution in [3.8, 4) is 6.07 Å². The minimum absolute atomic E-state index is 0.0266. The minimum Gasteiger partial charge on any atom is -0.475 e. The fraction of sp³-hybridized carbons (Fsp3) is 0.733. The van der Waals surface area contributed by atoms with Crippen LogP contribution in [-0.2, 0) is 4.74 Å². The fourth-order valence-electron chi connectivity index (χ4n) is 2.76. The van der Waals surface area contributed by atoms with Crippen molar-refractivity contribution < 1.29 is 4.74 Å². The molecule has 4 nitrogen and oxygen atoms in total. The summed E-state index contributed by atoms with van der Waals surface area (Å²) in [5.41, 5.74) is 6.90. The highest BCUT2D eigenvalue weighted by molar-refractivity contribution is 6.04. The molecule has 0 bridgehead atoms. The first kappa shape index (κ1) is 15.6. The summed E-state index contributed by atoms with van der Waals surface area (Å²) in [6.45, 7) is 12.7. The molecule has 0 aliphatic carbocycles. The number of aliphatic imine (C=N–C) groups is 1. The Kier molecular flexibility index (Phi) is 4.29. The van der Waals surface area contributed by atoms with Gasteiger partial charge < -0.3 is 10.5 Å². The van der Waals surface area contributed by atoms with Crippen LogP contribution in [0, 0.1) is 16.7 Å². The van der Waals surface area contributed by atoms with Gasteiger partial charge in [0.05, 0.1) is 11.3 Å². The molecular formula is C15H25N3O. The Morgan fingerprint density at radius 1 is 1.37 bits per heavy atom. The van der Waals surface area contributed by atoms with Crippen molar-refractivity contribution in [3.63, 3.8) is 0 Å². The minimum atomic E-state index is -0.215. The SMILES string of the molecule is CC1CC(=NC(C)(C)CC(C)(C)C)C(C#N)=C(N)O1. The topological polar surface area (TPSA) is 71.4 Å². The predicted molar refractivity (Wildman–Crippen MR) is 77.6 cm³/mol. The van der Waals surface area contributed by atoms with Crippen molar-refractivity contribution >= 4 is 5.71 Å². The molecule has 0 saturated heterocycles. The lowest BCUT2D eigenvalue weighted by atomic mass is 9.82. The number of nitrogens with zero attached hydrogens (tertiary/aromatic N) is 2. The van der Waals surface area contributed by atoms with E-state index in [2.05, 4.69) is 40.7 Å². The lowest BCUT2D eigenvalue weighted by molar-refractivity contribution is 0.128. The van der Waals surface area contributed by atoms with Gasteiger partial charge in [0.25, 0.3) is 0 Å². The molecular weight excluding hydrogens is 238 g/mol. The van der Waals surface area contributed by atoms with Crippen LogP contribution >= 0.6 is 0 Å². The van der Waals surface area contributed by atoms with Crippen LogP contribution in [0.4, 0.5) is 0 Å². The van der Waals surface area contributed by atoms with Crippen LogP contribution in [0.25, 0.3) is 0 Å². The first-order valence-electron chi connectivity index (χ1n) is 6.70. The highest BCUT2D eigenvalue weighted by atomic mass is 16.5. The summed E-state index contributed by atoms with van der Waals surface area (Å²) in [7, 11) is 0. The Bertz CT molecular complexity index is 447.